The molecule has 0 spiro atoms. The maximum atomic E-state index is 10.6. The maximum absolute atomic E-state index is 10.6. The molecule has 3 heterocycles. The highest BCUT2D eigenvalue weighted by molar-refractivity contribution is 5.72. The van der Waals surface area contributed by atoms with Crippen molar-refractivity contribution in [2.75, 3.05) is 24.5 Å². The molecule has 0 aliphatic carbocycles. The quantitative estimate of drug-likeness (QED) is 0.417. The molecule has 0 amide bonds. The average Bonchev–Trinajstić information content (AvgIpc) is 3.20. The van der Waals surface area contributed by atoms with E-state index in [0.29, 0.717) is 28.9 Å². The van der Waals surface area contributed by atoms with Gasteiger partial charge < -0.3 is 20.3 Å². The number of imidazole rings is 1. The highest BCUT2D eigenvalue weighted by atomic mass is 16.6. The van der Waals surface area contributed by atoms with Gasteiger partial charge in [0, 0.05) is 35.3 Å². The Hall–Kier alpha value is -3.17. The van der Waals surface area contributed by atoms with Gasteiger partial charge in [-0.25, -0.2) is 10.5 Å². The van der Waals surface area contributed by atoms with Crippen LogP contribution in [0, 0.1) is 0 Å². The van der Waals surface area contributed by atoms with Crippen molar-refractivity contribution in [3.63, 3.8) is 0 Å². The van der Waals surface area contributed by atoms with E-state index in [1.807, 2.05) is 24.3 Å². The molecule has 1 aliphatic heterocycles. The Kier molecular flexibility index (Phi) is 6.02. The fraction of sp³-hybridized carbons (Fsp3) is 0.458. The van der Waals surface area contributed by atoms with Gasteiger partial charge in [0.1, 0.15) is 17.4 Å². The summed E-state index contributed by atoms with van der Waals surface area (Å²) in [5, 5.41) is 23.3. The number of anilines is 2. The predicted molar refractivity (Wildman–Crippen MR) is 130 cm³/mol. The number of phenols is 1. The SMILES string of the molecule is CONc1cnc(-c2ccc(-c3ccc(N(C)C4CC(C)(C)NC(C)(C)C4)nn3)c(O)c2)[nH]1. The largest absolute Gasteiger partial charge is 0.507 e. The molecule has 33 heavy (non-hydrogen) atoms. The zero-order valence-corrected chi connectivity index (χ0v) is 20.1. The maximum Gasteiger partial charge on any atom is 0.151 e. The Bertz CT molecular complexity index is 1090. The molecule has 0 bridgehead atoms. The molecule has 0 unspecified atom stereocenters. The van der Waals surface area contributed by atoms with E-state index in [1.165, 1.54) is 7.11 Å². The van der Waals surface area contributed by atoms with Crippen LogP contribution in [0.2, 0.25) is 0 Å². The lowest BCUT2D eigenvalue weighted by molar-refractivity contribution is 0.160. The molecule has 1 saturated heterocycles. The van der Waals surface area contributed by atoms with Gasteiger partial charge in [-0.05, 0) is 64.8 Å². The molecule has 4 rings (SSSR count). The number of hydrogen-bond donors (Lipinski definition) is 4. The molecule has 9 nitrogen and oxygen atoms in total. The summed E-state index contributed by atoms with van der Waals surface area (Å²) in [5.74, 6) is 2.18. The van der Waals surface area contributed by atoms with Gasteiger partial charge in [0.25, 0.3) is 0 Å². The Balaban J connectivity index is 1.52. The van der Waals surface area contributed by atoms with Crippen LogP contribution in [0.3, 0.4) is 0 Å². The second-order valence-corrected chi connectivity index (χ2v) is 10.0. The van der Waals surface area contributed by atoms with E-state index in [2.05, 4.69) is 70.6 Å². The van der Waals surface area contributed by atoms with Crippen molar-refractivity contribution in [3.05, 3.63) is 36.5 Å². The van der Waals surface area contributed by atoms with E-state index >= 15 is 0 Å². The second-order valence-electron chi connectivity index (χ2n) is 10.0. The Labute approximate surface area is 194 Å². The van der Waals surface area contributed by atoms with Crippen molar-refractivity contribution >= 4 is 11.6 Å². The van der Waals surface area contributed by atoms with E-state index in [-0.39, 0.29) is 16.8 Å². The second kappa shape index (κ2) is 8.64. The minimum Gasteiger partial charge on any atom is -0.507 e. The molecule has 1 aromatic carbocycles. The van der Waals surface area contributed by atoms with Crippen molar-refractivity contribution in [2.24, 2.45) is 0 Å². The lowest BCUT2D eigenvalue weighted by Gasteiger charge is -2.49. The zero-order chi connectivity index (χ0) is 23.8. The number of nitrogens with zero attached hydrogens (tertiary/aromatic N) is 4. The van der Waals surface area contributed by atoms with Crippen LogP contribution in [-0.4, -0.2) is 56.5 Å². The molecule has 9 heteroatoms. The molecule has 0 radical (unpaired) electrons. The van der Waals surface area contributed by atoms with Crippen molar-refractivity contribution in [2.45, 2.75) is 57.7 Å². The number of nitrogens with one attached hydrogen (secondary N) is 3. The van der Waals surface area contributed by atoms with E-state index < -0.39 is 0 Å². The predicted octanol–water partition coefficient (Wildman–Crippen LogP) is 3.96. The van der Waals surface area contributed by atoms with Gasteiger partial charge >= 0.3 is 0 Å². The molecule has 4 N–H and O–H groups in total. The average molecular weight is 452 g/mol. The summed E-state index contributed by atoms with van der Waals surface area (Å²) < 4.78 is 0. The van der Waals surface area contributed by atoms with Crippen LogP contribution in [0.15, 0.2) is 36.5 Å². The van der Waals surface area contributed by atoms with Gasteiger partial charge in [0.05, 0.1) is 19.0 Å². The van der Waals surface area contributed by atoms with Gasteiger partial charge in [-0.1, -0.05) is 6.07 Å². The number of piperidine rings is 1. The van der Waals surface area contributed by atoms with Crippen LogP contribution in [0.5, 0.6) is 5.75 Å². The minimum atomic E-state index is 0.0516. The first kappa shape index (κ1) is 23.0. The Morgan fingerprint density at radius 1 is 1.09 bits per heavy atom. The van der Waals surface area contributed by atoms with Crippen LogP contribution in [0.25, 0.3) is 22.6 Å². The van der Waals surface area contributed by atoms with Crippen molar-refractivity contribution in [1.82, 2.24) is 25.5 Å². The number of phenolic OH excluding ortho intramolecular Hbond substituents is 1. The van der Waals surface area contributed by atoms with Crippen molar-refractivity contribution < 1.29 is 9.94 Å². The van der Waals surface area contributed by atoms with Crippen LogP contribution >= 0.6 is 0 Å². The first-order valence-electron chi connectivity index (χ1n) is 11.1. The molecule has 176 valence electrons. The summed E-state index contributed by atoms with van der Waals surface area (Å²) in [6.45, 7) is 8.97. The molecule has 1 fully saturated rings. The van der Waals surface area contributed by atoms with Gasteiger partial charge in [-0.15, -0.1) is 10.2 Å². The fourth-order valence-corrected chi connectivity index (χ4v) is 4.91. The third kappa shape index (κ3) is 5.09. The minimum absolute atomic E-state index is 0.0516. The summed E-state index contributed by atoms with van der Waals surface area (Å²) in [4.78, 5) is 14.5. The highest BCUT2D eigenvalue weighted by Gasteiger charge is 2.39. The normalized spacial score (nSPS) is 17.6. The van der Waals surface area contributed by atoms with E-state index in [1.54, 1.807) is 12.3 Å². The monoisotopic (exact) mass is 451 g/mol. The third-order valence-corrected chi connectivity index (χ3v) is 6.06. The molecule has 2 aromatic heterocycles. The number of benzene rings is 1. The van der Waals surface area contributed by atoms with E-state index in [4.69, 9.17) is 4.84 Å². The molecule has 0 atom stereocenters. The molecule has 0 saturated carbocycles. The van der Waals surface area contributed by atoms with Crippen LogP contribution in [-0.2, 0) is 4.84 Å². The summed E-state index contributed by atoms with van der Waals surface area (Å²) in [6.07, 6.45) is 3.66. The Morgan fingerprint density at radius 3 is 2.42 bits per heavy atom. The van der Waals surface area contributed by atoms with Gasteiger partial charge in [0.15, 0.2) is 5.82 Å². The standard InChI is InChI=1S/C24H33N7O2/c1-23(2)12-16(13-24(3,4)30-23)31(5)21-10-9-18(27-28-21)17-8-7-15(11-19(17)32)22-25-14-20(26-22)29-33-6/h7-11,14,16,29-30,32H,12-13H2,1-6H3,(H,25,26). The smallest absolute Gasteiger partial charge is 0.151 e. The first-order chi connectivity index (χ1) is 15.6. The van der Waals surface area contributed by atoms with E-state index in [9.17, 15) is 5.11 Å². The Morgan fingerprint density at radius 2 is 1.82 bits per heavy atom. The van der Waals surface area contributed by atoms with Gasteiger partial charge in [0.2, 0.25) is 0 Å². The number of aromatic hydroxyl groups is 1. The van der Waals surface area contributed by atoms with Crippen LogP contribution in [0.1, 0.15) is 40.5 Å². The first-order valence-corrected chi connectivity index (χ1v) is 11.1. The summed E-state index contributed by atoms with van der Waals surface area (Å²) in [6, 6.07) is 9.58. The number of aromatic amines is 1. The molecular weight excluding hydrogens is 418 g/mol. The highest BCUT2D eigenvalue weighted by Crippen LogP contribution is 2.34. The van der Waals surface area contributed by atoms with Crippen molar-refractivity contribution in [1.29, 1.82) is 0 Å². The molecule has 1 aliphatic rings. The molecule has 3 aromatic rings. The van der Waals surface area contributed by atoms with Gasteiger partial charge in [-0.2, -0.15) is 0 Å². The summed E-state index contributed by atoms with van der Waals surface area (Å²) in [7, 11) is 3.60. The van der Waals surface area contributed by atoms with Crippen LogP contribution in [0.4, 0.5) is 11.6 Å². The lowest BCUT2D eigenvalue weighted by atomic mass is 9.79. The zero-order valence-electron chi connectivity index (χ0n) is 20.1. The summed E-state index contributed by atoms with van der Waals surface area (Å²) in [5.41, 5.74) is 4.78. The summed E-state index contributed by atoms with van der Waals surface area (Å²) >= 11 is 0. The number of H-pyrrole nitrogens is 1. The molecular formula is C24H33N7O2. The lowest BCUT2D eigenvalue weighted by Crippen LogP contribution is -2.62. The van der Waals surface area contributed by atoms with E-state index in [0.717, 1.165) is 24.2 Å². The number of rotatable bonds is 6. The number of hydrogen-bond acceptors (Lipinski definition) is 8. The number of aromatic nitrogens is 4. The van der Waals surface area contributed by atoms with Gasteiger partial charge in [-0.3, -0.25) is 4.84 Å². The third-order valence-electron chi connectivity index (χ3n) is 6.06. The topological polar surface area (TPSA) is 111 Å². The fourth-order valence-electron chi connectivity index (χ4n) is 4.91. The van der Waals surface area contributed by atoms with Crippen LogP contribution < -0.4 is 15.7 Å². The van der Waals surface area contributed by atoms with Crippen molar-refractivity contribution in [3.8, 4) is 28.4 Å².